The number of hydrogen-bond acceptors (Lipinski definition) is 3. The number of anilines is 2. The van der Waals surface area contributed by atoms with Crippen molar-refractivity contribution in [3.8, 4) is 0 Å². The third kappa shape index (κ3) is 2.45. The van der Waals surface area contributed by atoms with Gasteiger partial charge in [0.25, 0.3) is 0 Å². The number of halogens is 3. The lowest BCUT2D eigenvalue weighted by molar-refractivity contribution is -0.136. The van der Waals surface area contributed by atoms with Gasteiger partial charge in [0.2, 0.25) is 0 Å². The third-order valence-electron chi connectivity index (χ3n) is 2.84. The molecule has 2 aromatic rings. The highest BCUT2D eigenvalue weighted by molar-refractivity contribution is 6.12. The Hall–Kier alpha value is -2.50. The molecule has 0 aromatic heterocycles. The molecule has 0 amide bonds. The van der Waals surface area contributed by atoms with Gasteiger partial charge in [0.05, 0.1) is 5.69 Å². The maximum atomic E-state index is 12.9. The molecule has 2 aromatic carbocycles. The highest BCUT2D eigenvalue weighted by Gasteiger charge is 2.37. The number of carbonyl (C=O) groups is 1. The number of carbonyl (C=O) groups excluding carboxylic acids is 1. The van der Waals surface area contributed by atoms with Gasteiger partial charge in [-0.25, -0.2) is 0 Å². The summed E-state index contributed by atoms with van der Waals surface area (Å²) in [5.41, 5.74) is 8.53. The fourth-order valence-electron chi connectivity index (χ4n) is 1.90. The summed E-state index contributed by atoms with van der Waals surface area (Å²) in [5, 5.41) is 0. The first kappa shape index (κ1) is 13.9. The summed E-state index contributed by atoms with van der Waals surface area (Å²) in [6.07, 6.45) is -4.71. The Labute approximate surface area is 113 Å². The van der Waals surface area contributed by atoms with E-state index in [1.807, 2.05) is 0 Å². The van der Waals surface area contributed by atoms with Crippen LogP contribution in [0, 0.1) is 0 Å². The lowest BCUT2D eigenvalue weighted by Crippen LogP contribution is -2.16. The van der Waals surface area contributed by atoms with Crippen molar-refractivity contribution in [1.29, 1.82) is 0 Å². The highest BCUT2D eigenvalue weighted by atomic mass is 19.4. The number of nitrogen functional groups attached to an aromatic ring is 2. The second kappa shape index (κ2) is 4.88. The Morgan fingerprint density at radius 1 is 0.950 bits per heavy atom. The van der Waals surface area contributed by atoms with Crippen LogP contribution in [0.25, 0.3) is 0 Å². The average Bonchev–Trinajstić information content (AvgIpc) is 2.37. The average molecular weight is 280 g/mol. The summed E-state index contributed by atoms with van der Waals surface area (Å²) < 4.78 is 38.7. The van der Waals surface area contributed by atoms with E-state index >= 15 is 0 Å². The van der Waals surface area contributed by atoms with E-state index in [1.165, 1.54) is 18.2 Å². The molecule has 0 unspecified atom stereocenters. The van der Waals surface area contributed by atoms with Crippen LogP contribution in [0.5, 0.6) is 0 Å². The van der Waals surface area contributed by atoms with Crippen molar-refractivity contribution in [3.05, 3.63) is 59.2 Å². The van der Waals surface area contributed by atoms with Crippen molar-refractivity contribution >= 4 is 17.2 Å². The van der Waals surface area contributed by atoms with Gasteiger partial charge in [-0.05, 0) is 12.1 Å². The van der Waals surface area contributed by atoms with E-state index < -0.39 is 28.9 Å². The van der Waals surface area contributed by atoms with Gasteiger partial charge in [-0.1, -0.05) is 30.3 Å². The summed E-state index contributed by atoms with van der Waals surface area (Å²) in [7, 11) is 0. The van der Waals surface area contributed by atoms with Gasteiger partial charge in [-0.15, -0.1) is 0 Å². The zero-order valence-electron chi connectivity index (χ0n) is 10.2. The second-order valence-electron chi connectivity index (χ2n) is 4.18. The van der Waals surface area contributed by atoms with Crippen molar-refractivity contribution in [2.24, 2.45) is 0 Å². The standard InChI is InChI=1S/C14H11F3N2O/c15-14(16,17)11-10(18)7-6-9(12(11)19)13(20)8-4-2-1-3-5-8/h1-7H,18-19H2. The monoisotopic (exact) mass is 280 g/mol. The molecule has 0 aliphatic heterocycles. The number of hydrogen-bond donors (Lipinski definition) is 2. The molecule has 104 valence electrons. The SMILES string of the molecule is Nc1ccc(C(=O)c2ccccc2)c(N)c1C(F)(F)F. The number of alkyl halides is 3. The summed E-state index contributed by atoms with van der Waals surface area (Å²) in [5.74, 6) is -0.575. The molecular formula is C14H11F3N2O. The van der Waals surface area contributed by atoms with Gasteiger partial charge in [0.1, 0.15) is 5.56 Å². The van der Waals surface area contributed by atoms with Crippen LogP contribution in [-0.2, 0) is 6.18 Å². The van der Waals surface area contributed by atoms with Gasteiger partial charge in [-0.2, -0.15) is 13.2 Å². The minimum Gasteiger partial charge on any atom is -0.398 e. The second-order valence-corrected chi connectivity index (χ2v) is 4.18. The fourth-order valence-corrected chi connectivity index (χ4v) is 1.90. The maximum absolute atomic E-state index is 12.9. The lowest BCUT2D eigenvalue weighted by atomic mass is 9.97. The Morgan fingerprint density at radius 3 is 2.10 bits per heavy atom. The number of ketones is 1. The summed E-state index contributed by atoms with van der Waals surface area (Å²) >= 11 is 0. The molecule has 0 saturated carbocycles. The van der Waals surface area contributed by atoms with Crippen LogP contribution in [0.2, 0.25) is 0 Å². The van der Waals surface area contributed by atoms with E-state index in [-0.39, 0.29) is 11.1 Å². The number of nitrogens with two attached hydrogens (primary N) is 2. The first-order chi connectivity index (χ1) is 9.32. The van der Waals surface area contributed by atoms with Crippen molar-refractivity contribution < 1.29 is 18.0 Å². The van der Waals surface area contributed by atoms with E-state index in [1.54, 1.807) is 18.2 Å². The van der Waals surface area contributed by atoms with Crippen LogP contribution >= 0.6 is 0 Å². The van der Waals surface area contributed by atoms with Crippen LogP contribution in [0.4, 0.5) is 24.5 Å². The molecule has 0 fully saturated rings. The van der Waals surface area contributed by atoms with Crippen LogP contribution in [0.15, 0.2) is 42.5 Å². The van der Waals surface area contributed by atoms with E-state index in [9.17, 15) is 18.0 Å². The molecule has 0 spiro atoms. The summed E-state index contributed by atoms with van der Waals surface area (Å²) in [6.45, 7) is 0. The Morgan fingerprint density at radius 2 is 1.55 bits per heavy atom. The molecule has 20 heavy (non-hydrogen) atoms. The molecule has 2 rings (SSSR count). The van der Waals surface area contributed by atoms with E-state index in [0.29, 0.717) is 0 Å². The smallest absolute Gasteiger partial charge is 0.398 e. The van der Waals surface area contributed by atoms with Crippen molar-refractivity contribution in [3.63, 3.8) is 0 Å². The van der Waals surface area contributed by atoms with Gasteiger partial charge >= 0.3 is 6.18 Å². The van der Waals surface area contributed by atoms with E-state index in [0.717, 1.165) is 6.07 Å². The number of benzene rings is 2. The van der Waals surface area contributed by atoms with Gasteiger partial charge in [-0.3, -0.25) is 4.79 Å². The summed E-state index contributed by atoms with van der Waals surface area (Å²) in [4.78, 5) is 12.2. The maximum Gasteiger partial charge on any atom is 0.420 e. The Kier molecular flexibility index (Phi) is 3.40. The third-order valence-corrected chi connectivity index (χ3v) is 2.84. The molecule has 6 heteroatoms. The molecule has 0 radical (unpaired) electrons. The predicted molar refractivity (Wildman–Crippen MR) is 70.1 cm³/mol. The normalized spacial score (nSPS) is 11.3. The van der Waals surface area contributed by atoms with Crippen molar-refractivity contribution in [1.82, 2.24) is 0 Å². The molecule has 0 atom stereocenters. The van der Waals surface area contributed by atoms with Crippen molar-refractivity contribution in [2.45, 2.75) is 6.18 Å². The molecular weight excluding hydrogens is 269 g/mol. The lowest BCUT2D eigenvalue weighted by Gasteiger charge is -2.15. The predicted octanol–water partition coefficient (Wildman–Crippen LogP) is 3.10. The highest BCUT2D eigenvalue weighted by Crippen LogP contribution is 2.39. The minimum atomic E-state index is -4.71. The molecule has 4 N–H and O–H groups in total. The summed E-state index contributed by atoms with van der Waals surface area (Å²) in [6, 6.07) is 10.2. The first-order valence-corrected chi connectivity index (χ1v) is 5.67. The minimum absolute atomic E-state index is 0.210. The van der Waals surface area contributed by atoms with Gasteiger partial charge in [0.15, 0.2) is 5.78 Å². The van der Waals surface area contributed by atoms with E-state index in [4.69, 9.17) is 11.5 Å². The van der Waals surface area contributed by atoms with Gasteiger partial charge in [0, 0.05) is 16.8 Å². The first-order valence-electron chi connectivity index (χ1n) is 5.67. The molecule has 0 bridgehead atoms. The molecule has 3 nitrogen and oxygen atoms in total. The molecule has 0 aliphatic rings. The molecule has 0 aliphatic carbocycles. The van der Waals surface area contributed by atoms with Crippen LogP contribution < -0.4 is 11.5 Å². The quantitative estimate of drug-likeness (QED) is 0.656. The van der Waals surface area contributed by atoms with Gasteiger partial charge < -0.3 is 11.5 Å². The largest absolute Gasteiger partial charge is 0.420 e. The zero-order chi connectivity index (χ0) is 14.9. The Balaban J connectivity index is 2.58. The molecule has 0 heterocycles. The zero-order valence-corrected chi connectivity index (χ0v) is 10.2. The fraction of sp³-hybridized carbons (Fsp3) is 0.0714. The van der Waals surface area contributed by atoms with Crippen LogP contribution in [0.3, 0.4) is 0 Å². The van der Waals surface area contributed by atoms with Crippen molar-refractivity contribution in [2.75, 3.05) is 11.5 Å². The van der Waals surface area contributed by atoms with Crippen LogP contribution in [0.1, 0.15) is 21.5 Å². The molecule has 0 saturated heterocycles. The van der Waals surface area contributed by atoms with Crippen LogP contribution in [-0.4, -0.2) is 5.78 Å². The van der Waals surface area contributed by atoms with E-state index in [2.05, 4.69) is 0 Å². The number of rotatable bonds is 2. The topological polar surface area (TPSA) is 69.1 Å². The Bertz CT molecular complexity index is 651.